The Kier molecular flexibility index (Phi) is 9.38. The van der Waals surface area contributed by atoms with Gasteiger partial charge in [0, 0.05) is 39.3 Å². The first-order valence-corrected chi connectivity index (χ1v) is 9.53. The van der Waals surface area contributed by atoms with Crippen molar-refractivity contribution in [2.75, 3.05) is 26.8 Å². The molecule has 0 radical (unpaired) electrons. The Hall–Kier alpha value is -2.37. The van der Waals surface area contributed by atoms with Crippen LogP contribution in [-0.4, -0.2) is 43.7 Å². The second-order valence-corrected chi connectivity index (χ2v) is 6.80. The van der Waals surface area contributed by atoms with Crippen LogP contribution in [-0.2, 0) is 17.8 Å². The molecule has 3 N–H and O–H groups in total. The molecule has 2 aromatic rings. The lowest BCUT2D eigenvalue weighted by atomic mass is 10.1. The van der Waals surface area contributed by atoms with Gasteiger partial charge in [-0.3, -0.25) is 9.89 Å². The van der Waals surface area contributed by atoms with Gasteiger partial charge >= 0.3 is 0 Å². The van der Waals surface area contributed by atoms with Crippen LogP contribution < -0.4 is 11.1 Å². The fourth-order valence-electron chi connectivity index (χ4n) is 2.98. The van der Waals surface area contributed by atoms with Gasteiger partial charge in [0.1, 0.15) is 0 Å². The molecule has 0 fully saturated rings. The number of nitrogens with zero attached hydrogens (tertiary/aromatic N) is 2. The third-order valence-corrected chi connectivity index (χ3v) is 4.22. The Morgan fingerprint density at radius 1 is 1.04 bits per heavy atom. The number of nitrogens with two attached hydrogens (primary N) is 1. The van der Waals surface area contributed by atoms with Crippen LogP contribution in [0.25, 0.3) is 0 Å². The first-order chi connectivity index (χ1) is 13.2. The summed E-state index contributed by atoms with van der Waals surface area (Å²) < 4.78 is 5.10. The molecule has 2 rings (SSSR count). The third kappa shape index (κ3) is 8.71. The normalized spacial score (nSPS) is 12.9. The number of guanidine groups is 1. The van der Waals surface area contributed by atoms with Crippen LogP contribution in [0.2, 0.25) is 0 Å². The van der Waals surface area contributed by atoms with Gasteiger partial charge in [-0.15, -0.1) is 0 Å². The van der Waals surface area contributed by atoms with Gasteiger partial charge in [0.15, 0.2) is 5.96 Å². The molecule has 0 spiro atoms. The maximum absolute atomic E-state index is 5.94. The zero-order valence-electron chi connectivity index (χ0n) is 16.5. The van der Waals surface area contributed by atoms with Crippen LogP contribution in [0, 0.1) is 0 Å². The number of aliphatic imine (C=N–C) groups is 1. The maximum atomic E-state index is 5.94. The second kappa shape index (κ2) is 12.1. The summed E-state index contributed by atoms with van der Waals surface area (Å²) in [6.07, 6.45) is 0.959. The summed E-state index contributed by atoms with van der Waals surface area (Å²) in [6.45, 7) is 6.16. The van der Waals surface area contributed by atoms with E-state index in [2.05, 4.69) is 75.9 Å². The highest BCUT2D eigenvalue weighted by atomic mass is 16.5. The molecule has 0 aliphatic carbocycles. The molecule has 0 aliphatic heterocycles. The molecule has 27 heavy (non-hydrogen) atoms. The lowest BCUT2D eigenvalue weighted by Gasteiger charge is -2.22. The smallest absolute Gasteiger partial charge is 0.188 e. The number of rotatable bonds is 11. The minimum Gasteiger partial charge on any atom is -0.383 e. The van der Waals surface area contributed by atoms with Gasteiger partial charge in [0.25, 0.3) is 0 Å². The molecule has 1 unspecified atom stereocenters. The van der Waals surface area contributed by atoms with Crippen molar-refractivity contribution < 1.29 is 4.74 Å². The summed E-state index contributed by atoms with van der Waals surface area (Å²) in [4.78, 5) is 6.89. The van der Waals surface area contributed by atoms with Crippen LogP contribution in [0.5, 0.6) is 0 Å². The van der Waals surface area contributed by atoms with Crippen molar-refractivity contribution in [3.63, 3.8) is 0 Å². The quantitative estimate of drug-likeness (QED) is 0.364. The van der Waals surface area contributed by atoms with Crippen LogP contribution in [0.1, 0.15) is 24.5 Å². The lowest BCUT2D eigenvalue weighted by Crippen LogP contribution is -2.40. The molecule has 0 saturated heterocycles. The highest BCUT2D eigenvalue weighted by Gasteiger charge is 2.07. The summed E-state index contributed by atoms with van der Waals surface area (Å²) in [5.41, 5.74) is 8.59. The summed E-state index contributed by atoms with van der Waals surface area (Å²) in [6, 6.07) is 21.3. The molecule has 0 saturated carbocycles. The zero-order chi connectivity index (χ0) is 19.3. The fraction of sp³-hybridized carbons (Fsp3) is 0.409. The van der Waals surface area contributed by atoms with Crippen LogP contribution in [0.3, 0.4) is 0 Å². The first-order valence-electron chi connectivity index (χ1n) is 9.53. The average molecular weight is 369 g/mol. The molecule has 0 bridgehead atoms. The summed E-state index contributed by atoms with van der Waals surface area (Å²) in [7, 11) is 1.68. The summed E-state index contributed by atoms with van der Waals surface area (Å²) in [5.74, 6) is 0.484. The molecular formula is C22H32N4O. The van der Waals surface area contributed by atoms with Crippen LogP contribution in [0.15, 0.2) is 65.7 Å². The SMILES string of the molecule is COCC(C)NC(N)=NCCCN(Cc1ccccc1)Cc1ccccc1. The van der Waals surface area contributed by atoms with E-state index >= 15 is 0 Å². The van der Waals surface area contributed by atoms with Gasteiger partial charge < -0.3 is 15.8 Å². The van der Waals surface area contributed by atoms with E-state index in [4.69, 9.17) is 10.5 Å². The van der Waals surface area contributed by atoms with E-state index in [0.29, 0.717) is 19.1 Å². The minimum absolute atomic E-state index is 0.159. The molecule has 2 aromatic carbocycles. The van der Waals surface area contributed by atoms with Gasteiger partial charge in [0.05, 0.1) is 6.61 Å². The first kappa shape index (κ1) is 20.9. The Morgan fingerprint density at radius 2 is 1.59 bits per heavy atom. The van der Waals surface area contributed by atoms with Gasteiger partial charge in [0.2, 0.25) is 0 Å². The Labute approximate surface area is 163 Å². The standard InChI is InChI=1S/C22H32N4O/c1-19(18-27-2)25-22(23)24-14-9-15-26(16-20-10-5-3-6-11-20)17-21-12-7-4-8-13-21/h3-8,10-13,19H,9,14-18H2,1-2H3,(H3,23,24,25). The van der Waals surface area contributed by atoms with Crippen molar-refractivity contribution in [3.8, 4) is 0 Å². The lowest BCUT2D eigenvalue weighted by molar-refractivity contribution is 0.179. The minimum atomic E-state index is 0.159. The molecule has 0 aliphatic rings. The van der Waals surface area contributed by atoms with Crippen molar-refractivity contribution in [1.82, 2.24) is 10.2 Å². The topological polar surface area (TPSA) is 62.9 Å². The largest absolute Gasteiger partial charge is 0.383 e. The number of hydrogen-bond acceptors (Lipinski definition) is 3. The average Bonchev–Trinajstić information content (AvgIpc) is 2.67. The van der Waals surface area contributed by atoms with E-state index in [9.17, 15) is 0 Å². The number of benzene rings is 2. The third-order valence-electron chi connectivity index (χ3n) is 4.22. The maximum Gasteiger partial charge on any atom is 0.188 e. The molecular weight excluding hydrogens is 336 g/mol. The van der Waals surface area contributed by atoms with Crippen LogP contribution in [0.4, 0.5) is 0 Å². The number of nitrogens with one attached hydrogen (secondary N) is 1. The highest BCUT2D eigenvalue weighted by molar-refractivity contribution is 5.78. The highest BCUT2D eigenvalue weighted by Crippen LogP contribution is 2.10. The molecule has 146 valence electrons. The van der Waals surface area contributed by atoms with Gasteiger partial charge in [-0.1, -0.05) is 60.7 Å². The monoisotopic (exact) mass is 368 g/mol. The Morgan fingerprint density at radius 3 is 2.11 bits per heavy atom. The fourth-order valence-corrected chi connectivity index (χ4v) is 2.98. The molecule has 0 amide bonds. The van der Waals surface area contributed by atoms with Gasteiger partial charge in [-0.25, -0.2) is 0 Å². The predicted octanol–water partition coefficient (Wildman–Crippen LogP) is 3.02. The van der Waals surface area contributed by atoms with E-state index in [0.717, 1.165) is 26.1 Å². The summed E-state index contributed by atoms with van der Waals surface area (Å²) in [5, 5.41) is 3.14. The van der Waals surface area contributed by atoms with E-state index < -0.39 is 0 Å². The van der Waals surface area contributed by atoms with E-state index in [-0.39, 0.29) is 6.04 Å². The second-order valence-electron chi connectivity index (χ2n) is 6.80. The molecule has 1 atom stereocenters. The Bertz CT molecular complexity index is 619. The number of ether oxygens (including phenoxy) is 1. The van der Waals surface area contributed by atoms with E-state index in [1.165, 1.54) is 11.1 Å². The molecule has 5 nitrogen and oxygen atoms in total. The molecule has 0 aromatic heterocycles. The van der Waals surface area contributed by atoms with Gasteiger partial charge in [-0.05, 0) is 24.5 Å². The van der Waals surface area contributed by atoms with Crippen molar-refractivity contribution >= 4 is 5.96 Å². The van der Waals surface area contributed by atoms with Crippen molar-refractivity contribution in [2.24, 2.45) is 10.7 Å². The number of methoxy groups -OCH3 is 1. The van der Waals surface area contributed by atoms with Crippen molar-refractivity contribution in [2.45, 2.75) is 32.5 Å². The zero-order valence-corrected chi connectivity index (χ0v) is 16.5. The predicted molar refractivity (Wildman–Crippen MR) is 113 cm³/mol. The summed E-state index contributed by atoms with van der Waals surface area (Å²) >= 11 is 0. The molecule has 5 heteroatoms. The molecule has 0 heterocycles. The van der Waals surface area contributed by atoms with Gasteiger partial charge in [-0.2, -0.15) is 0 Å². The van der Waals surface area contributed by atoms with Crippen molar-refractivity contribution in [3.05, 3.63) is 71.8 Å². The Balaban J connectivity index is 1.86. The van der Waals surface area contributed by atoms with E-state index in [1.807, 2.05) is 6.92 Å². The van der Waals surface area contributed by atoms with Crippen molar-refractivity contribution in [1.29, 1.82) is 0 Å². The van der Waals surface area contributed by atoms with E-state index in [1.54, 1.807) is 7.11 Å². The van der Waals surface area contributed by atoms with Crippen LogP contribution >= 0.6 is 0 Å². The number of hydrogen-bond donors (Lipinski definition) is 2.